The van der Waals surface area contributed by atoms with Crippen molar-refractivity contribution in [2.24, 2.45) is 0 Å². The molecule has 1 aromatic rings. The number of rotatable bonds is 6. The maximum absolute atomic E-state index is 13.9. The third-order valence-electron chi connectivity index (χ3n) is 2.30. The van der Waals surface area contributed by atoms with E-state index in [4.69, 9.17) is 5.11 Å². The Balaban J connectivity index is 3.08. The highest BCUT2D eigenvalue weighted by atomic mass is 32.2. The van der Waals surface area contributed by atoms with Gasteiger partial charge in [-0.1, -0.05) is 13.0 Å². The Hall–Kier alpha value is -0.640. The Kier molecular flexibility index (Phi) is 4.42. The number of aliphatic hydroxyl groups excluding tert-OH is 1. The lowest BCUT2D eigenvalue weighted by molar-refractivity contribution is -0.164. The van der Waals surface area contributed by atoms with Gasteiger partial charge in [0.15, 0.2) is 0 Å². The van der Waals surface area contributed by atoms with E-state index in [2.05, 4.69) is 0 Å². The van der Waals surface area contributed by atoms with E-state index < -0.39 is 34.8 Å². The van der Waals surface area contributed by atoms with Gasteiger partial charge >= 0.3 is 0 Å². The molecular weight excluding hydrogens is 291 g/mol. The Morgan fingerprint density at radius 1 is 1.44 bits per heavy atom. The van der Waals surface area contributed by atoms with Crippen LogP contribution in [0.25, 0.3) is 0 Å². The summed E-state index contributed by atoms with van der Waals surface area (Å²) in [6.07, 6.45) is -0.947. The fraction of sp³-hybridized carbons (Fsp3) is 0.556. The molecule has 1 heterocycles. The van der Waals surface area contributed by atoms with E-state index in [0.29, 0.717) is 0 Å². The third-order valence-corrected chi connectivity index (χ3v) is 5.16. The summed E-state index contributed by atoms with van der Waals surface area (Å²) in [4.78, 5) is 0. The van der Waals surface area contributed by atoms with Crippen molar-refractivity contribution in [1.82, 2.24) is 4.72 Å². The molecule has 0 spiro atoms. The summed E-state index contributed by atoms with van der Waals surface area (Å²) in [5, 5.41) is 10.1. The minimum atomic E-state index is -4.43. The molecule has 0 bridgehead atoms. The van der Waals surface area contributed by atoms with Gasteiger partial charge in [-0.15, -0.1) is 11.3 Å². The van der Waals surface area contributed by atoms with Crippen molar-refractivity contribution >= 4 is 21.4 Å². The standard InChI is InChI=1S/C9H12F3NO3S2/c1-2-8(10,11)9(12,6-14)13-18(15,16)7-4-3-5-17-7/h3-5,13-14H,2,6H2,1H3. The van der Waals surface area contributed by atoms with Crippen LogP contribution in [0.1, 0.15) is 13.3 Å². The largest absolute Gasteiger partial charge is 0.391 e. The molecule has 0 aliphatic heterocycles. The molecule has 0 fully saturated rings. The molecule has 1 atom stereocenters. The van der Waals surface area contributed by atoms with Gasteiger partial charge in [-0.05, 0) is 11.4 Å². The normalized spacial score (nSPS) is 16.5. The minimum Gasteiger partial charge on any atom is -0.391 e. The van der Waals surface area contributed by atoms with Crippen LogP contribution in [-0.2, 0) is 10.0 Å². The van der Waals surface area contributed by atoms with E-state index in [9.17, 15) is 21.6 Å². The molecule has 0 aliphatic rings. The molecule has 1 unspecified atom stereocenters. The molecule has 104 valence electrons. The van der Waals surface area contributed by atoms with E-state index in [1.54, 1.807) is 0 Å². The summed E-state index contributed by atoms with van der Waals surface area (Å²) < 4.78 is 64.8. The fourth-order valence-electron chi connectivity index (χ4n) is 1.18. The molecule has 1 rings (SSSR count). The number of thiophene rings is 1. The summed E-state index contributed by atoms with van der Waals surface area (Å²) in [6.45, 7) is -0.665. The van der Waals surface area contributed by atoms with Crippen LogP contribution in [0.3, 0.4) is 0 Å². The molecule has 9 heteroatoms. The lowest BCUT2D eigenvalue weighted by Crippen LogP contribution is -2.59. The van der Waals surface area contributed by atoms with Gasteiger partial charge in [-0.25, -0.2) is 21.6 Å². The van der Waals surface area contributed by atoms with Crippen molar-refractivity contribution < 1.29 is 26.7 Å². The zero-order chi connectivity index (χ0) is 14.0. The van der Waals surface area contributed by atoms with Gasteiger partial charge in [-0.3, -0.25) is 0 Å². The molecule has 0 aromatic carbocycles. The molecule has 0 saturated heterocycles. The van der Waals surface area contributed by atoms with E-state index in [1.807, 2.05) is 0 Å². The molecule has 1 aromatic heterocycles. The van der Waals surface area contributed by atoms with Crippen LogP contribution in [0, 0.1) is 0 Å². The number of nitrogens with one attached hydrogen (secondary N) is 1. The first kappa shape index (κ1) is 15.4. The van der Waals surface area contributed by atoms with Gasteiger partial charge in [0, 0.05) is 6.42 Å². The van der Waals surface area contributed by atoms with E-state index >= 15 is 0 Å². The maximum Gasteiger partial charge on any atom is 0.297 e. The zero-order valence-corrected chi connectivity index (χ0v) is 11.0. The molecule has 0 radical (unpaired) electrons. The maximum atomic E-state index is 13.9. The van der Waals surface area contributed by atoms with Crippen molar-refractivity contribution in [3.63, 3.8) is 0 Å². The number of hydrogen-bond acceptors (Lipinski definition) is 4. The van der Waals surface area contributed by atoms with E-state index in [0.717, 1.165) is 24.3 Å². The molecule has 2 N–H and O–H groups in total. The van der Waals surface area contributed by atoms with Crippen molar-refractivity contribution in [3.8, 4) is 0 Å². The topological polar surface area (TPSA) is 66.4 Å². The Labute approximate surface area is 106 Å². The van der Waals surface area contributed by atoms with E-state index in [1.165, 1.54) is 16.2 Å². The van der Waals surface area contributed by atoms with Crippen LogP contribution < -0.4 is 4.72 Å². The van der Waals surface area contributed by atoms with E-state index in [-0.39, 0.29) is 4.21 Å². The smallest absolute Gasteiger partial charge is 0.297 e. The first-order valence-corrected chi connectivity index (χ1v) is 7.30. The lowest BCUT2D eigenvalue weighted by Gasteiger charge is -2.31. The number of sulfonamides is 1. The van der Waals surface area contributed by atoms with Gasteiger partial charge in [0.2, 0.25) is 0 Å². The zero-order valence-electron chi connectivity index (χ0n) is 9.36. The van der Waals surface area contributed by atoms with Gasteiger partial charge < -0.3 is 5.11 Å². The molecule has 0 saturated carbocycles. The molecule has 18 heavy (non-hydrogen) atoms. The first-order valence-electron chi connectivity index (χ1n) is 4.93. The van der Waals surface area contributed by atoms with Crippen LogP contribution in [0.4, 0.5) is 13.2 Å². The third kappa shape index (κ3) is 2.85. The summed E-state index contributed by atoms with van der Waals surface area (Å²) in [7, 11) is -4.43. The van der Waals surface area contributed by atoms with Gasteiger partial charge in [0.25, 0.3) is 21.7 Å². The lowest BCUT2D eigenvalue weighted by atomic mass is 10.1. The summed E-state index contributed by atoms with van der Waals surface area (Å²) >= 11 is 0.756. The van der Waals surface area contributed by atoms with Crippen LogP contribution >= 0.6 is 11.3 Å². The molecular formula is C9H12F3NO3S2. The number of aliphatic hydroxyl groups is 1. The highest BCUT2D eigenvalue weighted by Crippen LogP contribution is 2.34. The van der Waals surface area contributed by atoms with Crippen LogP contribution in [0.5, 0.6) is 0 Å². The van der Waals surface area contributed by atoms with Gasteiger partial charge in [0.1, 0.15) is 4.21 Å². The second-order valence-corrected chi connectivity index (χ2v) is 6.41. The molecule has 0 aliphatic carbocycles. The monoisotopic (exact) mass is 303 g/mol. The Morgan fingerprint density at radius 3 is 2.44 bits per heavy atom. The van der Waals surface area contributed by atoms with Crippen LogP contribution in [0.2, 0.25) is 0 Å². The average Bonchev–Trinajstić information content (AvgIpc) is 2.82. The SMILES string of the molecule is CCC(F)(F)C(F)(CO)NS(=O)(=O)c1cccs1. The fourth-order valence-corrected chi connectivity index (χ4v) is 3.43. The summed E-state index contributed by atoms with van der Waals surface area (Å²) in [5.41, 5.74) is 0. The second-order valence-electron chi connectivity index (χ2n) is 3.55. The minimum absolute atomic E-state index is 0.301. The first-order chi connectivity index (χ1) is 8.18. The Bertz CT molecular complexity index is 489. The second kappa shape index (κ2) is 5.16. The highest BCUT2D eigenvalue weighted by Gasteiger charge is 2.55. The highest BCUT2D eigenvalue weighted by molar-refractivity contribution is 7.91. The van der Waals surface area contributed by atoms with Crippen molar-refractivity contribution in [2.45, 2.75) is 29.3 Å². The number of alkyl halides is 3. The molecule has 4 nitrogen and oxygen atoms in total. The van der Waals surface area contributed by atoms with Crippen molar-refractivity contribution in [1.29, 1.82) is 0 Å². The number of hydrogen-bond donors (Lipinski definition) is 2. The summed E-state index contributed by atoms with van der Waals surface area (Å²) in [5.74, 6) is -7.73. The Morgan fingerprint density at radius 2 is 2.06 bits per heavy atom. The number of halogens is 3. The van der Waals surface area contributed by atoms with Gasteiger partial charge in [0.05, 0.1) is 6.61 Å². The van der Waals surface area contributed by atoms with Crippen molar-refractivity contribution in [3.05, 3.63) is 17.5 Å². The van der Waals surface area contributed by atoms with Crippen LogP contribution in [-0.4, -0.2) is 31.8 Å². The predicted octanol–water partition coefficient (Wildman–Crippen LogP) is 1.73. The van der Waals surface area contributed by atoms with Gasteiger partial charge in [-0.2, -0.15) is 4.72 Å². The summed E-state index contributed by atoms with van der Waals surface area (Å²) in [6, 6.07) is 2.53. The predicted molar refractivity (Wildman–Crippen MR) is 60.8 cm³/mol. The quantitative estimate of drug-likeness (QED) is 0.787. The molecule has 0 amide bonds. The van der Waals surface area contributed by atoms with Crippen molar-refractivity contribution in [2.75, 3.05) is 6.61 Å². The van der Waals surface area contributed by atoms with Crippen LogP contribution in [0.15, 0.2) is 21.7 Å². The average molecular weight is 303 g/mol.